The number of hydrogen-bond donors (Lipinski definition) is 1. The number of rotatable bonds is 3. The second kappa shape index (κ2) is 5.15. The maximum absolute atomic E-state index is 12.9. The van der Waals surface area contributed by atoms with E-state index in [-0.39, 0.29) is 18.3 Å². The highest BCUT2D eigenvalue weighted by molar-refractivity contribution is 6.07. The molecule has 0 radical (unpaired) electrons. The van der Waals surface area contributed by atoms with Crippen LogP contribution in [0.4, 0.5) is 4.79 Å². The zero-order valence-corrected chi connectivity index (χ0v) is 13.6. The van der Waals surface area contributed by atoms with E-state index in [1.54, 1.807) is 13.8 Å². The van der Waals surface area contributed by atoms with E-state index in [2.05, 4.69) is 21.6 Å². The van der Waals surface area contributed by atoms with Crippen molar-refractivity contribution in [3.63, 3.8) is 0 Å². The van der Waals surface area contributed by atoms with Gasteiger partial charge < -0.3 is 9.73 Å². The molecule has 7 nitrogen and oxygen atoms in total. The van der Waals surface area contributed by atoms with Crippen LogP contribution in [-0.4, -0.2) is 27.0 Å². The third kappa shape index (κ3) is 2.19. The highest BCUT2D eigenvalue weighted by Gasteiger charge is 2.49. The SMILES string of the molecule is Cc1nnc(CN2C(=O)N[C@@](C)(c3ccc4c(c3)CCC4)C2=O)o1. The van der Waals surface area contributed by atoms with Gasteiger partial charge in [-0.1, -0.05) is 18.2 Å². The maximum Gasteiger partial charge on any atom is 0.325 e. The lowest BCUT2D eigenvalue weighted by Gasteiger charge is -2.23. The summed E-state index contributed by atoms with van der Waals surface area (Å²) in [7, 11) is 0. The van der Waals surface area contributed by atoms with E-state index in [9.17, 15) is 9.59 Å². The second-order valence-electron chi connectivity index (χ2n) is 6.50. The molecule has 2 aliphatic rings. The summed E-state index contributed by atoms with van der Waals surface area (Å²) in [5, 5.41) is 10.4. The van der Waals surface area contributed by atoms with Gasteiger partial charge in [0.2, 0.25) is 11.8 Å². The summed E-state index contributed by atoms with van der Waals surface area (Å²) < 4.78 is 5.28. The van der Waals surface area contributed by atoms with Gasteiger partial charge in [0.1, 0.15) is 12.1 Å². The Bertz CT molecular complexity index is 844. The Morgan fingerprint density at radius 2 is 2.04 bits per heavy atom. The molecule has 1 aromatic carbocycles. The van der Waals surface area contributed by atoms with Crippen molar-refractivity contribution in [3.8, 4) is 0 Å². The van der Waals surface area contributed by atoms with E-state index in [1.807, 2.05) is 12.1 Å². The van der Waals surface area contributed by atoms with Crippen LogP contribution < -0.4 is 5.32 Å². The summed E-state index contributed by atoms with van der Waals surface area (Å²) >= 11 is 0. The smallest absolute Gasteiger partial charge is 0.325 e. The molecular formula is C17H18N4O3. The van der Waals surface area contributed by atoms with Crippen molar-refractivity contribution in [1.29, 1.82) is 0 Å². The molecule has 1 saturated heterocycles. The molecule has 4 rings (SSSR count). The predicted molar refractivity (Wildman–Crippen MR) is 83.9 cm³/mol. The highest BCUT2D eigenvalue weighted by atomic mass is 16.4. The largest absolute Gasteiger partial charge is 0.424 e. The summed E-state index contributed by atoms with van der Waals surface area (Å²) in [6, 6.07) is 5.59. The lowest BCUT2D eigenvalue weighted by molar-refractivity contribution is -0.131. The first-order valence-electron chi connectivity index (χ1n) is 8.03. The zero-order valence-electron chi connectivity index (χ0n) is 13.6. The standard InChI is InChI=1S/C17H18N4O3/c1-10-19-20-14(24-10)9-21-15(22)17(2,18-16(21)23)13-7-6-11-4-3-5-12(11)8-13/h6-8H,3-5,9H2,1-2H3,(H,18,23)/t17-/m0/s1. The summed E-state index contributed by atoms with van der Waals surface area (Å²) in [5.74, 6) is 0.342. The number of urea groups is 1. The van der Waals surface area contributed by atoms with Crippen molar-refractivity contribution >= 4 is 11.9 Å². The molecule has 7 heteroatoms. The predicted octanol–water partition coefficient (Wildman–Crippen LogP) is 1.83. The van der Waals surface area contributed by atoms with Crippen molar-refractivity contribution in [2.24, 2.45) is 0 Å². The molecule has 1 aliphatic heterocycles. The lowest BCUT2D eigenvalue weighted by atomic mass is 9.90. The molecule has 24 heavy (non-hydrogen) atoms. The Hall–Kier alpha value is -2.70. The summed E-state index contributed by atoms with van der Waals surface area (Å²) in [6.07, 6.45) is 3.24. The fraction of sp³-hybridized carbons (Fsp3) is 0.412. The number of hydrogen-bond acceptors (Lipinski definition) is 5. The van der Waals surface area contributed by atoms with E-state index >= 15 is 0 Å². The van der Waals surface area contributed by atoms with Gasteiger partial charge in [0.25, 0.3) is 5.91 Å². The fourth-order valence-corrected chi connectivity index (χ4v) is 3.46. The van der Waals surface area contributed by atoms with Crippen LogP contribution in [0, 0.1) is 6.92 Å². The van der Waals surface area contributed by atoms with Crippen LogP contribution >= 0.6 is 0 Å². The zero-order chi connectivity index (χ0) is 16.9. The molecule has 2 heterocycles. The van der Waals surface area contributed by atoms with Crippen molar-refractivity contribution in [3.05, 3.63) is 46.7 Å². The Morgan fingerprint density at radius 3 is 2.79 bits per heavy atom. The van der Waals surface area contributed by atoms with Crippen molar-refractivity contribution in [2.45, 2.75) is 45.2 Å². The number of aromatic nitrogens is 2. The van der Waals surface area contributed by atoms with Gasteiger partial charge in [-0.2, -0.15) is 0 Å². The van der Waals surface area contributed by atoms with Crippen molar-refractivity contribution in [2.75, 3.05) is 0 Å². The Balaban J connectivity index is 1.64. The van der Waals surface area contributed by atoms with Gasteiger partial charge in [-0.25, -0.2) is 4.79 Å². The summed E-state index contributed by atoms with van der Waals surface area (Å²) in [6.45, 7) is 3.38. The number of nitrogens with one attached hydrogen (secondary N) is 1. The minimum atomic E-state index is -1.07. The molecule has 0 bridgehead atoms. The summed E-state index contributed by atoms with van der Waals surface area (Å²) in [4.78, 5) is 26.4. The van der Waals surface area contributed by atoms with E-state index in [0.717, 1.165) is 29.7 Å². The van der Waals surface area contributed by atoms with Gasteiger partial charge in [0.05, 0.1) is 0 Å². The minimum absolute atomic E-state index is 0.0218. The number of amides is 3. The normalized spacial score (nSPS) is 22.8. The molecule has 1 N–H and O–H groups in total. The van der Waals surface area contributed by atoms with Crippen LogP contribution in [0.1, 0.15) is 41.8 Å². The van der Waals surface area contributed by atoms with Crippen LogP contribution in [0.25, 0.3) is 0 Å². The van der Waals surface area contributed by atoms with E-state index < -0.39 is 11.6 Å². The Kier molecular flexibility index (Phi) is 3.19. The average Bonchev–Trinajstić information content (AvgIpc) is 3.23. The first-order valence-corrected chi connectivity index (χ1v) is 8.03. The molecule has 2 aromatic rings. The van der Waals surface area contributed by atoms with Crippen LogP contribution in [0.15, 0.2) is 22.6 Å². The molecule has 0 spiro atoms. The number of carbonyl (C=O) groups is 2. The monoisotopic (exact) mass is 326 g/mol. The number of fused-ring (bicyclic) bond motifs is 1. The number of nitrogens with zero attached hydrogens (tertiary/aromatic N) is 3. The van der Waals surface area contributed by atoms with Gasteiger partial charge in [-0.3, -0.25) is 9.69 Å². The summed E-state index contributed by atoms with van der Waals surface area (Å²) in [5.41, 5.74) is 2.34. The second-order valence-corrected chi connectivity index (χ2v) is 6.50. The van der Waals surface area contributed by atoms with Gasteiger partial charge in [-0.05, 0) is 42.9 Å². The van der Waals surface area contributed by atoms with Gasteiger partial charge in [-0.15, -0.1) is 10.2 Å². The third-order valence-electron chi connectivity index (χ3n) is 4.81. The molecule has 3 amide bonds. The van der Waals surface area contributed by atoms with Gasteiger partial charge >= 0.3 is 6.03 Å². The maximum atomic E-state index is 12.9. The minimum Gasteiger partial charge on any atom is -0.424 e. The topological polar surface area (TPSA) is 88.3 Å². The Labute approximate surface area is 139 Å². The third-order valence-corrected chi connectivity index (χ3v) is 4.81. The van der Waals surface area contributed by atoms with Crippen LogP contribution in [0.5, 0.6) is 0 Å². The first-order chi connectivity index (χ1) is 11.5. The molecule has 1 aliphatic carbocycles. The highest BCUT2D eigenvalue weighted by Crippen LogP contribution is 2.33. The molecule has 1 aromatic heterocycles. The molecule has 1 fully saturated rings. The molecular weight excluding hydrogens is 308 g/mol. The molecule has 0 unspecified atom stereocenters. The Morgan fingerprint density at radius 1 is 1.25 bits per heavy atom. The van der Waals surface area contributed by atoms with E-state index in [4.69, 9.17) is 4.42 Å². The van der Waals surface area contributed by atoms with Crippen LogP contribution in [0.2, 0.25) is 0 Å². The van der Waals surface area contributed by atoms with Gasteiger partial charge in [0.15, 0.2) is 0 Å². The van der Waals surface area contributed by atoms with E-state index in [1.165, 1.54) is 11.1 Å². The van der Waals surface area contributed by atoms with Gasteiger partial charge in [0, 0.05) is 6.92 Å². The molecule has 124 valence electrons. The lowest BCUT2D eigenvalue weighted by Crippen LogP contribution is -2.41. The van der Waals surface area contributed by atoms with Crippen molar-refractivity contribution < 1.29 is 14.0 Å². The van der Waals surface area contributed by atoms with E-state index in [0.29, 0.717) is 5.89 Å². The average molecular weight is 326 g/mol. The number of imide groups is 1. The van der Waals surface area contributed by atoms with Crippen LogP contribution in [-0.2, 0) is 29.7 Å². The van der Waals surface area contributed by atoms with Crippen LogP contribution in [0.3, 0.4) is 0 Å². The molecule has 0 saturated carbocycles. The quantitative estimate of drug-likeness (QED) is 0.869. The fourth-order valence-electron chi connectivity index (χ4n) is 3.46. The first kappa shape index (κ1) is 14.9. The number of aryl methyl sites for hydroxylation is 3. The molecule has 1 atom stereocenters. The van der Waals surface area contributed by atoms with Crippen molar-refractivity contribution in [1.82, 2.24) is 20.4 Å². The number of benzene rings is 1. The number of carbonyl (C=O) groups excluding carboxylic acids is 2.